The Morgan fingerprint density at radius 1 is 1.24 bits per heavy atom. The number of phenols is 1. The van der Waals surface area contributed by atoms with Gasteiger partial charge < -0.3 is 10.4 Å². The number of nitrogens with one attached hydrogen (secondary N) is 1. The van der Waals surface area contributed by atoms with Gasteiger partial charge in [0.2, 0.25) is 0 Å². The molecule has 0 unspecified atom stereocenters. The Morgan fingerprint density at radius 2 is 2.00 bits per heavy atom. The monoisotopic (exact) mass is 247 g/mol. The van der Waals surface area contributed by atoms with Gasteiger partial charge in [-0.25, -0.2) is 0 Å². The highest BCUT2D eigenvalue weighted by molar-refractivity contribution is 7.10. The first-order chi connectivity index (χ1) is 8.25. The highest BCUT2D eigenvalue weighted by Gasteiger charge is 2.04. The van der Waals surface area contributed by atoms with Crippen LogP contribution in [0.15, 0.2) is 41.8 Å². The van der Waals surface area contributed by atoms with Crippen LogP contribution in [0.2, 0.25) is 0 Å². The van der Waals surface area contributed by atoms with E-state index < -0.39 is 0 Å². The molecule has 1 atom stereocenters. The van der Waals surface area contributed by atoms with Crippen molar-refractivity contribution in [1.82, 2.24) is 5.32 Å². The van der Waals surface area contributed by atoms with Gasteiger partial charge in [-0.1, -0.05) is 18.2 Å². The molecule has 2 nitrogen and oxygen atoms in total. The molecular weight excluding hydrogens is 230 g/mol. The Bertz CT molecular complexity index is 436. The van der Waals surface area contributed by atoms with Gasteiger partial charge in [-0.2, -0.15) is 0 Å². The van der Waals surface area contributed by atoms with Crippen LogP contribution in [-0.2, 0) is 6.42 Å². The van der Waals surface area contributed by atoms with Crippen LogP contribution in [0.3, 0.4) is 0 Å². The van der Waals surface area contributed by atoms with Crippen molar-refractivity contribution in [3.8, 4) is 5.75 Å². The van der Waals surface area contributed by atoms with E-state index in [1.54, 1.807) is 23.5 Å². The average Bonchev–Trinajstić information content (AvgIpc) is 2.85. The zero-order chi connectivity index (χ0) is 12.1. The molecule has 2 N–H and O–H groups in total. The van der Waals surface area contributed by atoms with Crippen molar-refractivity contribution >= 4 is 11.3 Å². The Kier molecular flexibility index (Phi) is 4.18. The molecule has 2 aromatic rings. The van der Waals surface area contributed by atoms with Crippen molar-refractivity contribution in [2.75, 3.05) is 6.54 Å². The molecule has 0 aliphatic carbocycles. The number of hydrogen-bond acceptors (Lipinski definition) is 3. The second-order valence-electron chi connectivity index (χ2n) is 4.11. The van der Waals surface area contributed by atoms with E-state index in [4.69, 9.17) is 0 Å². The van der Waals surface area contributed by atoms with E-state index >= 15 is 0 Å². The summed E-state index contributed by atoms with van der Waals surface area (Å²) in [6, 6.07) is 12.0. The summed E-state index contributed by atoms with van der Waals surface area (Å²) in [6.07, 6.45) is 0.982. The molecule has 0 saturated carbocycles. The SMILES string of the molecule is C[C@H](NCCc1ccc(O)cc1)c1cccs1. The van der Waals surface area contributed by atoms with Gasteiger partial charge in [0.15, 0.2) is 0 Å². The lowest BCUT2D eigenvalue weighted by Crippen LogP contribution is -2.20. The minimum absolute atomic E-state index is 0.327. The van der Waals surface area contributed by atoms with Crippen molar-refractivity contribution in [3.63, 3.8) is 0 Å². The van der Waals surface area contributed by atoms with Crippen molar-refractivity contribution in [1.29, 1.82) is 0 Å². The van der Waals surface area contributed by atoms with Crippen LogP contribution in [0.1, 0.15) is 23.4 Å². The highest BCUT2D eigenvalue weighted by atomic mass is 32.1. The molecule has 1 heterocycles. The maximum absolute atomic E-state index is 9.18. The standard InChI is InChI=1S/C14H17NOS/c1-11(14-3-2-10-17-14)15-9-8-12-4-6-13(16)7-5-12/h2-7,10-11,15-16H,8-9H2,1H3/t11-/m0/s1. The molecule has 0 spiro atoms. The fourth-order valence-electron chi connectivity index (χ4n) is 1.73. The van der Waals surface area contributed by atoms with E-state index in [-0.39, 0.29) is 0 Å². The molecule has 0 aliphatic heterocycles. The summed E-state index contributed by atoms with van der Waals surface area (Å²) in [5.74, 6) is 0.327. The molecule has 0 fully saturated rings. The quantitative estimate of drug-likeness (QED) is 0.849. The number of rotatable bonds is 5. The molecule has 0 radical (unpaired) electrons. The molecule has 1 aromatic carbocycles. The molecule has 0 bridgehead atoms. The molecular formula is C14H17NOS. The molecule has 17 heavy (non-hydrogen) atoms. The highest BCUT2D eigenvalue weighted by Crippen LogP contribution is 2.18. The normalized spacial score (nSPS) is 12.5. The topological polar surface area (TPSA) is 32.3 Å². The van der Waals surface area contributed by atoms with Crippen LogP contribution >= 0.6 is 11.3 Å². The van der Waals surface area contributed by atoms with E-state index in [1.807, 2.05) is 12.1 Å². The van der Waals surface area contributed by atoms with Crippen LogP contribution in [-0.4, -0.2) is 11.7 Å². The average molecular weight is 247 g/mol. The van der Waals surface area contributed by atoms with Crippen LogP contribution < -0.4 is 5.32 Å². The molecule has 2 rings (SSSR count). The summed E-state index contributed by atoms with van der Waals surface area (Å²) in [4.78, 5) is 1.37. The zero-order valence-corrected chi connectivity index (χ0v) is 10.7. The first-order valence-corrected chi connectivity index (χ1v) is 6.68. The van der Waals surface area contributed by atoms with Gasteiger partial charge in [-0.3, -0.25) is 0 Å². The van der Waals surface area contributed by atoms with Crippen molar-refractivity contribution in [2.24, 2.45) is 0 Å². The summed E-state index contributed by atoms with van der Waals surface area (Å²) in [5, 5.41) is 14.8. The van der Waals surface area contributed by atoms with E-state index in [1.165, 1.54) is 10.4 Å². The fraction of sp³-hybridized carbons (Fsp3) is 0.286. The number of hydrogen-bond donors (Lipinski definition) is 2. The van der Waals surface area contributed by atoms with Gasteiger partial charge in [-0.05, 0) is 49.0 Å². The minimum atomic E-state index is 0.327. The lowest BCUT2D eigenvalue weighted by atomic mass is 10.1. The summed E-state index contributed by atoms with van der Waals surface area (Å²) in [5.41, 5.74) is 1.24. The van der Waals surface area contributed by atoms with Gasteiger partial charge >= 0.3 is 0 Å². The molecule has 3 heteroatoms. The molecule has 90 valence electrons. The van der Waals surface area contributed by atoms with Gasteiger partial charge in [0.1, 0.15) is 5.75 Å². The Balaban J connectivity index is 1.78. The van der Waals surface area contributed by atoms with Gasteiger partial charge in [0, 0.05) is 10.9 Å². The number of aromatic hydroxyl groups is 1. The summed E-state index contributed by atoms with van der Waals surface area (Å²) < 4.78 is 0. The smallest absolute Gasteiger partial charge is 0.115 e. The lowest BCUT2D eigenvalue weighted by Gasteiger charge is -2.11. The molecule has 0 aliphatic rings. The summed E-state index contributed by atoms with van der Waals surface area (Å²) in [6.45, 7) is 3.13. The van der Waals surface area contributed by atoms with E-state index in [0.717, 1.165) is 13.0 Å². The number of thiophene rings is 1. The van der Waals surface area contributed by atoms with Gasteiger partial charge in [0.25, 0.3) is 0 Å². The van der Waals surface area contributed by atoms with Gasteiger partial charge in [0.05, 0.1) is 0 Å². The van der Waals surface area contributed by atoms with Crippen molar-refractivity contribution < 1.29 is 5.11 Å². The molecule has 0 amide bonds. The fourth-order valence-corrected chi connectivity index (χ4v) is 2.49. The zero-order valence-electron chi connectivity index (χ0n) is 9.89. The van der Waals surface area contributed by atoms with Crippen LogP contribution in [0.4, 0.5) is 0 Å². The third-order valence-electron chi connectivity index (χ3n) is 2.77. The van der Waals surface area contributed by atoms with Crippen molar-refractivity contribution in [2.45, 2.75) is 19.4 Å². The maximum Gasteiger partial charge on any atom is 0.115 e. The van der Waals surface area contributed by atoms with E-state index in [2.05, 4.69) is 29.8 Å². The second kappa shape index (κ2) is 5.84. The Morgan fingerprint density at radius 3 is 2.65 bits per heavy atom. The third-order valence-corrected chi connectivity index (χ3v) is 3.83. The summed E-state index contributed by atoms with van der Waals surface area (Å²) >= 11 is 1.78. The van der Waals surface area contributed by atoms with Crippen molar-refractivity contribution in [3.05, 3.63) is 52.2 Å². The van der Waals surface area contributed by atoms with Crippen LogP contribution in [0.25, 0.3) is 0 Å². The van der Waals surface area contributed by atoms with Crippen LogP contribution in [0.5, 0.6) is 5.75 Å². The van der Waals surface area contributed by atoms with E-state index in [0.29, 0.717) is 11.8 Å². The maximum atomic E-state index is 9.18. The van der Waals surface area contributed by atoms with Gasteiger partial charge in [-0.15, -0.1) is 11.3 Å². The molecule has 1 aromatic heterocycles. The predicted molar refractivity (Wildman–Crippen MR) is 72.5 cm³/mol. The largest absolute Gasteiger partial charge is 0.508 e. The Labute approximate surface area is 106 Å². The number of phenolic OH excluding ortho intramolecular Hbond substituents is 1. The minimum Gasteiger partial charge on any atom is -0.508 e. The third kappa shape index (κ3) is 3.58. The Hall–Kier alpha value is -1.32. The molecule has 0 saturated heterocycles. The number of benzene rings is 1. The lowest BCUT2D eigenvalue weighted by molar-refractivity contribution is 0.475. The first kappa shape index (κ1) is 12.1. The first-order valence-electron chi connectivity index (χ1n) is 5.80. The summed E-state index contributed by atoms with van der Waals surface area (Å²) in [7, 11) is 0. The predicted octanol–water partition coefficient (Wildman–Crippen LogP) is 3.35. The van der Waals surface area contributed by atoms with Crippen LogP contribution in [0, 0.1) is 0 Å². The second-order valence-corrected chi connectivity index (χ2v) is 5.09. The van der Waals surface area contributed by atoms with E-state index in [9.17, 15) is 5.11 Å².